The number of benzene rings is 1. The van der Waals surface area contributed by atoms with Crippen molar-refractivity contribution in [1.82, 2.24) is 15.1 Å². The molecule has 2 atom stereocenters. The molecule has 2 saturated heterocycles. The number of rotatable bonds is 6. The molecular formula is C19H29N3O2. The van der Waals surface area contributed by atoms with Gasteiger partial charge in [0.2, 0.25) is 5.91 Å². The number of hydrogen-bond donors (Lipinski definition) is 1. The molecule has 24 heavy (non-hydrogen) atoms. The van der Waals surface area contributed by atoms with Gasteiger partial charge in [-0.05, 0) is 44.4 Å². The maximum atomic E-state index is 12.3. The number of amides is 1. The van der Waals surface area contributed by atoms with Crippen LogP contribution in [-0.2, 0) is 11.2 Å². The molecule has 0 spiro atoms. The number of fused-ring (bicyclic) bond motifs is 2. The Morgan fingerprint density at radius 2 is 2.04 bits per heavy atom. The number of hydrogen-bond acceptors (Lipinski definition) is 4. The standard InChI is InChI=1S/C19H29N3O2/c1-21-16-7-8-17(21)13-22(12-10-16)14-19(23)20-11-9-15-5-3-4-6-18(15)24-2/h3-6,16-17H,7-14H2,1-2H3,(H,20,23)/t16-,17+/m1/s1. The lowest BCUT2D eigenvalue weighted by Gasteiger charge is -2.25. The van der Waals surface area contributed by atoms with E-state index in [0.717, 1.165) is 30.8 Å². The second-order valence-corrected chi connectivity index (χ2v) is 6.99. The van der Waals surface area contributed by atoms with Crippen molar-refractivity contribution in [2.75, 3.05) is 40.3 Å². The van der Waals surface area contributed by atoms with Gasteiger partial charge in [0.1, 0.15) is 5.75 Å². The highest BCUT2D eigenvalue weighted by atomic mass is 16.5. The first-order valence-corrected chi connectivity index (χ1v) is 9.00. The monoisotopic (exact) mass is 331 g/mol. The average Bonchev–Trinajstić information content (AvgIpc) is 2.83. The van der Waals surface area contributed by atoms with Gasteiger partial charge in [0, 0.05) is 31.7 Å². The lowest BCUT2D eigenvalue weighted by Crippen LogP contribution is -2.42. The predicted molar refractivity (Wildman–Crippen MR) is 95.3 cm³/mol. The first-order valence-electron chi connectivity index (χ1n) is 9.00. The molecule has 1 aromatic carbocycles. The highest BCUT2D eigenvalue weighted by molar-refractivity contribution is 5.78. The summed E-state index contributed by atoms with van der Waals surface area (Å²) in [6.07, 6.45) is 4.57. The molecule has 2 aliphatic heterocycles. The van der Waals surface area contributed by atoms with Crippen molar-refractivity contribution < 1.29 is 9.53 Å². The first kappa shape index (κ1) is 17.2. The Hall–Kier alpha value is -1.59. The summed E-state index contributed by atoms with van der Waals surface area (Å²) in [5.74, 6) is 1.02. The summed E-state index contributed by atoms with van der Waals surface area (Å²) in [7, 11) is 3.92. The summed E-state index contributed by atoms with van der Waals surface area (Å²) in [5, 5.41) is 3.06. The van der Waals surface area contributed by atoms with Gasteiger partial charge in [0.15, 0.2) is 0 Å². The number of carbonyl (C=O) groups excluding carboxylic acids is 1. The Morgan fingerprint density at radius 1 is 1.25 bits per heavy atom. The van der Waals surface area contributed by atoms with E-state index < -0.39 is 0 Å². The summed E-state index contributed by atoms with van der Waals surface area (Å²) < 4.78 is 5.35. The van der Waals surface area contributed by atoms with Gasteiger partial charge < -0.3 is 10.1 Å². The molecule has 132 valence electrons. The molecule has 2 bridgehead atoms. The zero-order chi connectivity index (χ0) is 16.9. The van der Waals surface area contributed by atoms with Gasteiger partial charge in [0.05, 0.1) is 13.7 Å². The van der Waals surface area contributed by atoms with Crippen LogP contribution in [0.3, 0.4) is 0 Å². The van der Waals surface area contributed by atoms with E-state index in [0.29, 0.717) is 25.2 Å². The minimum atomic E-state index is 0.130. The zero-order valence-corrected chi connectivity index (χ0v) is 14.8. The summed E-state index contributed by atoms with van der Waals surface area (Å²) in [6, 6.07) is 9.31. The number of likely N-dealkylation sites (N-methyl/N-ethyl adjacent to an activating group) is 1. The molecule has 1 aromatic rings. The number of likely N-dealkylation sites (tertiary alicyclic amines) is 1. The molecule has 0 radical (unpaired) electrons. The minimum Gasteiger partial charge on any atom is -0.496 e. The zero-order valence-electron chi connectivity index (χ0n) is 14.8. The van der Waals surface area contributed by atoms with Crippen molar-refractivity contribution in [3.05, 3.63) is 29.8 Å². The van der Waals surface area contributed by atoms with Crippen LogP contribution in [0.15, 0.2) is 24.3 Å². The third kappa shape index (κ3) is 4.08. The predicted octanol–water partition coefficient (Wildman–Crippen LogP) is 1.52. The Bertz CT molecular complexity index is 563. The van der Waals surface area contributed by atoms with E-state index >= 15 is 0 Å². The maximum Gasteiger partial charge on any atom is 0.234 e. The van der Waals surface area contributed by atoms with E-state index in [1.165, 1.54) is 19.3 Å². The van der Waals surface area contributed by atoms with Crippen molar-refractivity contribution in [1.29, 1.82) is 0 Å². The Balaban J connectivity index is 1.43. The van der Waals surface area contributed by atoms with Gasteiger partial charge in [0.25, 0.3) is 0 Å². The second kappa shape index (κ2) is 7.99. The Labute approximate surface area is 145 Å². The fourth-order valence-corrected chi connectivity index (χ4v) is 4.03. The second-order valence-electron chi connectivity index (χ2n) is 6.99. The molecule has 2 aliphatic rings. The van der Waals surface area contributed by atoms with E-state index in [-0.39, 0.29) is 5.91 Å². The van der Waals surface area contributed by atoms with E-state index in [9.17, 15) is 4.79 Å². The van der Waals surface area contributed by atoms with E-state index in [1.54, 1.807) is 7.11 Å². The first-order chi connectivity index (χ1) is 11.7. The molecule has 2 heterocycles. The van der Waals surface area contributed by atoms with Crippen LogP contribution < -0.4 is 10.1 Å². The van der Waals surface area contributed by atoms with Gasteiger partial charge in [-0.3, -0.25) is 14.6 Å². The Kier molecular flexibility index (Phi) is 5.74. The van der Waals surface area contributed by atoms with Crippen LogP contribution in [0.2, 0.25) is 0 Å². The summed E-state index contributed by atoms with van der Waals surface area (Å²) in [5.41, 5.74) is 1.13. The molecule has 0 unspecified atom stereocenters. The van der Waals surface area contributed by atoms with E-state index in [4.69, 9.17) is 4.74 Å². The quantitative estimate of drug-likeness (QED) is 0.858. The number of ether oxygens (including phenoxy) is 1. The fraction of sp³-hybridized carbons (Fsp3) is 0.632. The van der Waals surface area contributed by atoms with Crippen LogP contribution >= 0.6 is 0 Å². The minimum absolute atomic E-state index is 0.130. The fourth-order valence-electron chi connectivity index (χ4n) is 4.03. The smallest absolute Gasteiger partial charge is 0.234 e. The SMILES string of the molecule is COc1ccccc1CCNC(=O)CN1CC[C@H]2CC[C@@H](C1)N2C. The van der Waals surface area contributed by atoms with Gasteiger partial charge in [-0.15, -0.1) is 0 Å². The largest absolute Gasteiger partial charge is 0.496 e. The van der Waals surface area contributed by atoms with Gasteiger partial charge in [-0.1, -0.05) is 18.2 Å². The molecule has 0 aliphatic carbocycles. The van der Waals surface area contributed by atoms with Gasteiger partial charge in [-0.25, -0.2) is 0 Å². The third-order valence-electron chi connectivity index (χ3n) is 5.51. The molecule has 0 saturated carbocycles. The molecule has 1 N–H and O–H groups in total. The summed E-state index contributed by atoms with van der Waals surface area (Å²) in [6.45, 7) is 3.22. The molecule has 5 nitrogen and oxygen atoms in total. The normalized spacial score (nSPS) is 24.6. The molecular weight excluding hydrogens is 302 g/mol. The number of nitrogens with zero attached hydrogens (tertiary/aromatic N) is 2. The van der Waals surface area contributed by atoms with Crippen molar-refractivity contribution in [2.45, 2.75) is 37.8 Å². The van der Waals surface area contributed by atoms with E-state index in [1.807, 2.05) is 24.3 Å². The van der Waals surface area contributed by atoms with Crippen LogP contribution in [0.25, 0.3) is 0 Å². The van der Waals surface area contributed by atoms with Crippen LogP contribution in [0, 0.1) is 0 Å². The summed E-state index contributed by atoms with van der Waals surface area (Å²) >= 11 is 0. The molecule has 3 rings (SSSR count). The van der Waals surface area contributed by atoms with Crippen LogP contribution in [0.1, 0.15) is 24.8 Å². The van der Waals surface area contributed by atoms with Crippen molar-refractivity contribution in [2.24, 2.45) is 0 Å². The highest BCUT2D eigenvalue weighted by Gasteiger charge is 2.34. The lowest BCUT2D eigenvalue weighted by molar-refractivity contribution is -0.122. The number of methoxy groups -OCH3 is 1. The lowest BCUT2D eigenvalue weighted by atomic mass is 10.1. The van der Waals surface area contributed by atoms with Gasteiger partial charge >= 0.3 is 0 Å². The van der Waals surface area contributed by atoms with Crippen LogP contribution in [-0.4, -0.2) is 68.1 Å². The Morgan fingerprint density at radius 3 is 2.88 bits per heavy atom. The average molecular weight is 331 g/mol. The summed E-state index contributed by atoms with van der Waals surface area (Å²) in [4.78, 5) is 17.1. The van der Waals surface area contributed by atoms with Crippen LogP contribution in [0.5, 0.6) is 5.75 Å². The number of para-hydroxylation sites is 1. The van der Waals surface area contributed by atoms with Crippen molar-refractivity contribution in [3.63, 3.8) is 0 Å². The number of nitrogens with one attached hydrogen (secondary N) is 1. The molecule has 1 amide bonds. The van der Waals surface area contributed by atoms with Crippen LogP contribution in [0.4, 0.5) is 0 Å². The molecule has 0 aromatic heterocycles. The van der Waals surface area contributed by atoms with E-state index in [2.05, 4.69) is 22.2 Å². The maximum absolute atomic E-state index is 12.3. The van der Waals surface area contributed by atoms with Gasteiger partial charge in [-0.2, -0.15) is 0 Å². The van der Waals surface area contributed by atoms with Crippen molar-refractivity contribution >= 4 is 5.91 Å². The highest BCUT2D eigenvalue weighted by Crippen LogP contribution is 2.28. The molecule has 5 heteroatoms. The number of carbonyl (C=O) groups is 1. The third-order valence-corrected chi connectivity index (χ3v) is 5.51. The van der Waals surface area contributed by atoms with Crippen molar-refractivity contribution in [3.8, 4) is 5.75 Å². The topological polar surface area (TPSA) is 44.8 Å². The molecule has 2 fully saturated rings.